The lowest BCUT2D eigenvalue weighted by Crippen LogP contribution is -2.27. The van der Waals surface area contributed by atoms with E-state index >= 15 is 0 Å². The van der Waals surface area contributed by atoms with E-state index < -0.39 is 0 Å². The normalized spacial score (nSPS) is 16.3. The van der Waals surface area contributed by atoms with Crippen LogP contribution in [0.5, 0.6) is 11.6 Å². The molecule has 0 unspecified atom stereocenters. The first-order valence-electron chi connectivity index (χ1n) is 8.83. The van der Waals surface area contributed by atoms with Crippen molar-refractivity contribution in [2.24, 2.45) is 0 Å². The molecule has 4 rings (SSSR count). The third kappa shape index (κ3) is 3.62. The number of ether oxygens (including phenoxy) is 2. The summed E-state index contributed by atoms with van der Waals surface area (Å²) in [5.41, 5.74) is 4.04. The molecule has 2 aromatic carbocycles. The van der Waals surface area contributed by atoms with Crippen LogP contribution in [0, 0.1) is 13.8 Å². The summed E-state index contributed by atoms with van der Waals surface area (Å²) in [6.45, 7) is 4.38. The number of cyclic esters (lactones) is 1. The van der Waals surface area contributed by atoms with Gasteiger partial charge in [0.1, 0.15) is 12.4 Å². The maximum Gasteiger partial charge on any atom is 0.415 e. The standard InChI is InChI=1S/C22H20N2O3/c1-15-6-9-19(10-7-15)27-21-11-8-18(13-23-21)24-20(14-26-22(24)25)17-5-3-4-16(2)12-17/h3-13,20H,14H2,1-2H3/t20-/m1/s1. The number of nitrogens with zero attached hydrogens (tertiary/aromatic N) is 2. The SMILES string of the molecule is Cc1ccc(Oc2ccc(N3C(=O)OC[C@@H]3c3cccc(C)c3)cn2)cc1. The topological polar surface area (TPSA) is 51.7 Å². The molecule has 136 valence electrons. The fourth-order valence-corrected chi connectivity index (χ4v) is 3.13. The molecule has 0 bridgehead atoms. The smallest absolute Gasteiger partial charge is 0.415 e. The molecule has 1 amide bonds. The Morgan fingerprint density at radius 3 is 2.56 bits per heavy atom. The maximum atomic E-state index is 12.3. The van der Waals surface area contributed by atoms with Gasteiger partial charge in [-0.25, -0.2) is 9.78 Å². The van der Waals surface area contributed by atoms with Crippen molar-refractivity contribution in [2.45, 2.75) is 19.9 Å². The molecule has 1 aliphatic heterocycles. The van der Waals surface area contributed by atoms with Gasteiger partial charge in [0.15, 0.2) is 0 Å². The number of pyridine rings is 1. The van der Waals surface area contributed by atoms with E-state index in [-0.39, 0.29) is 12.1 Å². The van der Waals surface area contributed by atoms with Crippen molar-refractivity contribution in [3.63, 3.8) is 0 Å². The monoisotopic (exact) mass is 360 g/mol. The summed E-state index contributed by atoms with van der Waals surface area (Å²) in [5.74, 6) is 1.20. The fourth-order valence-electron chi connectivity index (χ4n) is 3.13. The molecule has 1 aliphatic rings. The van der Waals surface area contributed by atoms with E-state index in [1.807, 2.05) is 62.4 Å². The average molecular weight is 360 g/mol. The predicted octanol–water partition coefficient (Wildman–Crippen LogP) is 5.19. The molecule has 5 heteroatoms. The lowest BCUT2D eigenvalue weighted by atomic mass is 10.0. The van der Waals surface area contributed by atoms with Gasteiger partial charge in [-0.15, -0.1) is 0 Å². The molecule has 1 aromatic heterocycles. The summed E-state index contributed by atoms with van der Waals surface area (Å²) >= 11 is 0. The molecule has 1 fully saturated rings. The van der Waals surface area contributed by atoms with E-state index in [1.165, 1.54) is 5.56 Å². The van der Waals surface area contributed by atoms with Gasteiger partial charge in [-0.2, -0.15) is 0 Å². The third-order valence-corrected chi connectivity index (χ3v) is 4.54. The lowest BCUT2D eigenvalue weighted by Gasteiger charge is -2.22. The van der Waals surface area contributed by atoms with Gasteiger partial charge in [0.25, 0.3) is 0 Å². The molecule has 3 aromatic rings. The second kappa shape index (κ2) is 7.11. The molecule has 1 atom stereocenters. The van der Waals surface area contributed by atoms with Crippen molar-refractivity contribution in [1.82, 2.24) is 4.98 Å². The summed E-state index contributed by atoms with van der Waals surface area (Å²) in [7, 11) is 0. The minimum Gasteiger partial charge on any atom is -0.447 e. The molecule has 5 nitrogen and oxygen atoms in total. The van der Waals surface area contributed by atoms with Crippen molar-refractivity contribution >= 4 is 11.8 Å². The van der Waals surface area contributed by atoms with Crippen molar-refractivity contribution in [1.29, 1.82) is 0 Å². The molecule has 27 heavy (non-hydrogen) atoms. The molecule has 0 N–H and O–H groups in total. The van der Waals surface area contributed by atoms with Crippen LogP contribution >= 0.6 is 0 Å². The molecule has 0 saturated carbocycles. The van der Waals surface area contributed by atoms with Crippen molar-refractivity contribution in [3.05, 3.63) is 83.6 Å². The van der Waals surface area contributed by atoms with Crippen LogP contribution in [0.2, 0.25) is 0 Å². The number of carbonyl (C=O) groups is 1. The summed E-state index contributed by atoms with van der Waals surface area (Å²) in [4.78, 5) is 18.3. The first-order chi connectivity index (χ1) is 13.1. The van der Waals surface area contributed by atoms with Gasteiger partial charge >= 0.3 is 6.09 Å². The number of amides is 1. The first-order valence-corrected chi connectivity index (χ1v) is 8.83. The summed E-state index contributed by atoms with van der Waals surface area (Å²) < 4.78 is 11.1. The zero-order valence-electron chi connectivity index (χ0n) is 15.3. The van der Waals surface area contributed by atoms with E-state index in [1.54, 1.807) is 17.2 Å². The zero-order chi connectivity index (χ0) is 18.8. The Morgan fingerprint density at radius 2 is 1.85 bits per heavy atom. The van der Waals surface area contributed by atoms with Gasteiger partial charge in [-0.05, 0) is 37.6 Å². The Morgan fingerprint density at radius 1 is 1.04 bits per heavy atom. The van der Waals surface area contributed by atoms with Gasteiger partial charge in [0.05, 0.1) is 17.9 Å². The Bertz CT molecular complexity index is 952. The number of hydrogen-bond donors (Lipinski definition) is 0. The third-order valence-electron chi connectivity index (χ3n) is 4.54. The van der Waals surface area contributed by atoms with Gasteiger partial charge in [-0.1, -0.05) is 47.5 Å². The van der Waals surface area contributed by atoms with Crippen LogP contribution in [0.4, 0.5) is 10.5 Å². The highest BCUT2D eigenvalue weighted by Crippen LogP contribution is 2.33. The van der Waals surface area contributed by atoms with Crippen LogP contribution in [0.3, 0.4) is 0 Å². The molecule has 1 saturated heterocycles. The lowest BCUT2D eigenvalue weighted by molar-refractivity contribution is 0.179. The molecule has 0 aliphatic carbocycles. The largest absolute Gasteiger partial charge is 0.447 e. The molecule has 0 radical (unpaired) electrons. The summed E-state index contributed by atoms with van der Waals surface area (Å²) in [5, 5.41) is 0. The highest BCUT2D eigenvalue weighted by atomic mass is 16.6. The Hall–Kier alpha value is -3.34. The number of carbonyl (C=O) groups excluding carboxylic acids is 1. The number of aryl methyl sites for hydroxylation is 2. The zero-order valence-corrected chi connectivity index (χ0v) is 15.3. The summed E-state index contributed by atoms with van der Waals surface area (Å²) in [6.07, 6.45) is 1.27. The molecular formula is C22H20N2O3. The predicted molar refractivity (Wildman–Crippen MR) is 103 cm³/mol. The van der Waals surface area contributed by atoms with Gasteiger partial charge in [0, 0.05) is 6.07 Å². The number of aromatic nitrogens is 1. The van der Waals surface area contributed by atoms with Crippen LogP contribution in [0.25, 0.3) is 0 Å². The van der Waals surface area contributed by atoms with Crippen molar-refractivity contribution in [2.75, 3.05) is 11.5 Å². The van der Waals surface area contributed by atoms with Crippen LogP contribution in [-0.2, 0) is 4.74 Å². The van der Waals surface area contributed by atoms with E-state index in [2.05, 4.69) is 11.1 Å². The minimum atomic E-state index is -0.365. The van der Waals surface area contributed by atoms with E-state index in [0.717, 1.165) is 16.9 Å². The maximum absolute atomic E-state index is 12.3. The van der Waals surface area contributed by atoms with E-state index in [4.69, 9.17) is 9.47 Å². The van der Waals surface area contributed by atoms with Gasteiger partial charge in [-0.3, -0.25) is 4.90 Å². The van der Waals surface area contributed by atoms with Crippen molar-refractivity contribution in [3.8, 4) is 11.6 Å². The van der Waals surface area contributed by atoms with Crippen LogP contribution < -0.4 is 9.64 Å². The fraction of sp³-hybridized carbons (Fsp3) is 0.182. The Kier molecular flexibility index (Phi) is 4.50. The van der Waals surface area contributed by atoms with Crippen LogP contribution in [0.1, 0.15) is 22.7 Å². The number of hydrogen-bond acceptors (Lipinski definition) is 4. The second-order valence-corrected chi connectivity index (χ2v) is 6.65. The minimum absolute atomic E-state index is 0.164. The summed E-state index contributed by atoms with van der Waals surface area (Å²) in [6, 6.07) is 19.3. The average Bonchev–Trinajstić information content (AvgIpc) is 3.06. The second-order valence-electron chi connectivity index (χ2n) is 6.65. The molecule has 2 heterocycles. The Labute approximate surface area is 158 Å². The number of benzene rings is 2. The van der Waals surface area contributed by atoms with Crippen molar-refractivity contribution < 1.29 is 14.3 Å². The highest BCUT2D eigenvalue weighted by Gasteiger charge is 2.35. The van der Waals surface area contributed by atoms with Crippen LogP contribution in [0.15, 0.2) is 66.9 Å². The molecular weight excluding hydrogens is 340 g/mol. The first kappa shape index (κ1) is 17.1. The Balaban J connectivity index is 1.56. The molecule has 0 spiro atoms. The quantitative estimate of drug-likeness (QED) is 0.642. The van der Waals surface area contributed by atoms with Crippen LogP contribution in [-0.4, -0.2) is 17.7 Å². The van der Waals surface area contributed by atoms with E-state index in [0.29, 0.717) is 18.2 Å². The number of rotatable bonds is 4. The number of anilines is 1. The van der Waals surface area contributed by atoms with E-state index in [9.17, 15) is 4.79 Å². The highest BCUT2D eigenvalue weighted by molar-refractivity contribution is 5.90. The van der Waals surface area contributed by atoms with Gasteiger partial charge < -0.3 is 9.47 Å². The van der Waals surface area contributed by atoms with Gasteiger partial charge in [0.2, 0.25) is 5.88 Å².